The number of hydrogen-bond donors (Lipinski definition) is 3. The molecule has 0 spiro atoms. The molecule has 21 heavy (non-hydrogen) atoms. The van der Waals surface area contributed by atoms with Gasteiger partial charge in [-0.3, -0.25) is 4.79 Å². The molecule has 1 aromatic carbocycles. The Labute approximate surface area is 129 Å². The van der Waals surface area contributed by atoms with Crippen LogP contribution in [0.2, 0.25) is 5.02 Å². The molecule has 2 aromatic rings. The van der Waals surface area contributed by atoms with Gasteiger partial charge in [-0.25, -0.2) is 0 Å². The van der Waals surface area contributed by atoms with Crippen molar-refractivity contribution in [2.45, 2.75) is 12.8 Å². The molecule has 4 nitrogen and oxygen atoms in total. The van der Waals surface area contributed by atoms with E-state index in [0.29, 0.717) is 17.0 Å². The van der Waals surface area contributed by atoms with Crippen molar-refractivity contribution in [3.63, 3.8) is 0 Å². The number of benzene rings is 1. The Morgan fingerprint density at radius 1 is 1.29 bits per heavy atom. The molecule has 6 heteroatoms. The van der Waals surface area contributed by atoms with Crippen molar-refractivity contribution in [3.05, 3.63) is 60.8 Å². The summed E-state index contributed by atoms with van der Waals surface area (Å²) in [7, 11) is -0.235. The van der Waals surface area contributed by atoms with E-state index in [0.717, 1.165) is 23.1 Å². The van der Waals surface area contributed by atoms with Crippen molar-refractivity contribution in [2.24, 2.45) is 5.73 Å². The van der Waals surface area contributed by atoms with Gasteiger partial charge in [0.05, 0.1) is 10.9 Å². The zero-order chi connectivity index (χ0) is 14.8. The molecule has 0 aliphatic carbocycles. The fraction of sp³-hybridized carbons (Fsp3) is 0.200. The van der Waals surface area contributed by atoms with Gasteiger partial charge in [0, 0.05) is 5.02 Å². The largest absolute Gasteiger partial charge is 0.336 e. The molecule has 0 fully saturated rings. The Bertz CT molecular complexity index is 876. The van der Waals surface area contributed by atoms with Crippen molar-refractivity contribution in [3.8, 4) is 0 Å². The Balaban J connectivity index is 2.13. The molecular formula is C15H16ClN3OS. The van der Waals surface area contributed by atoms with Gasteiger partial charge < -0.3 is 15.7 Å². The molecule has 0 amide bonds. The van der Waals surface area contributed by atoms with Crippen LogP contribution in [0.4, 0.5) is 0 Å². The zero-order valence-electron chi connectivity index (χ0n) is 11.4. The van der Waals surface area contributed by atoms with E-state index in [1.165, 1.54) is 5.57 Å². The second-order valence-electron chi connectivity index (χ2n) is 4.86. The van der Waals surface area contributed by atoms with E-state index in [4.69, 9.17) is 17.3 Å². The standard InChI is InChI=1S/C15H16ClN3OS/c16-11-3-4-12-13(8-11)18-15(19-14(12)20)21-7-5-10(9-21)2-1-6-17/h3-5,7-9,18H,1-2,6,17H2,(H,19,20). The lowest BCUT2D eigenvalue weighted by Gasteiger charge is -2.01. The molecule has 0 saturated carbocycles. The molecule has 0 radical (unpaired) electrons. The fourth-order valence-corrected chi connectivity index (χ4v) is 4.02. The average molecular weight is 322 g/mol. The first kappa shape index (κ1) is 14.4. The molecule has 3 rings (SSSR count). The maximum atomic E-state index is 12.1. The minimum Gasteiger partial charge on any atom is -0.336 e. The van der Waals surface area contributed by atoms with Crippen LogP contribution in [-0.2, 0) is 0 Å². The minimum atomic E-state index is -0.235. The molecule has 0 bridgehead atoms. The summed E-state index contributed by atoms with van der Waals surface area (Å²) in [5.74, 6) is 0. The third kappa shape index (κ3) is 3.05. The van der Waals surface area contributed by atoms with Crippen molar-refractivity contribution >= 4 is 33.0 Å². The lowest BCUT2D eigenvalue weighted by Crippen LogP contribution is -2.08. The summed E-state index contributed by atoms with van der Waals surface area (Å²) < 4.78 is 0.800. The number of allylic oxidation sites excluding steroid dienone is 2. The van der Waals surface area contributed by atoms with Crippen LogP contribution in [0.5, 0.6) is 0 Å². The Morgan fingerprint density at radius 2 is 2.14 bits per heavy atom. The second kappa shape index (κ2) is 6.05. The molecule has 4 N–H and O–H groups in total. The highest BCUT2D eigenvalue weighted by atomic mass is 35.5. The second-order valence-corrected chi connectivity index (χ2v) is 6.95. The summed E-state index contributed by atoms with van der Waals surface area (Å²) >= 11 is 6.00. The van der Waals surface area contributed by atoms with Crippen molar-refractivity contribution in [2.75, 3.05) is 6.54 Å². The first-order valence-electron chi connectivity index (χ1n) is 6.73. The van der Waals surface area contributed by atoms with Crippen LogP contribution in [0.3, 0.4) is 0 Å². The highest BCUT2D eigenvalue weighted by molar-refractivity contribution is 8.14. The van der Waals surface area contributed by atoms with Crippen LogP contribution < -0.4 is 11.3 Å². The van der Waals surface area contributed by atoms with E-state index < -0.39 is 0 Å². The van der Waals surface area contributed by atoms with Gasteiger partial charge in [0.15, 0.2) is 0 Å². The summed E-state index contributed by atoms with van der Waals surface area (Å²) in [6.07, 6.45) is 4.05. The van der Waals surface area contributed by atoms with Crippen molar-refractivity contribution in [1.29, 1.82) is 0 Å². The van der Waals surface area contributed by atoms with E-state index in [1.807, 2.05) is 0 Å². The van der Waals surface area contributed by atoms with Gasteiger partial charge in [-0.1, -0.05) is 28.2 Å². The molecular weight excluding hydrogens is 306 g/mol. The Hall–Kier alpha value is -1.56. The Morgan fingerprint density at radius 3 is 2.95 bits per heavy atom. The molecule has 110 valence electrons. The predicted molar refractivity (Wildman–Crippen MR) is 90.3 cm³/mol. The minimum absolute atomic E-state index is 0.0971. The summed E-state index contributed by atoms with van der Waals surface area (Å²) in [5.41, 5.74) is 7.46. The van der Waals surface area contributed by atoms with Crippen LogP contribution in [-0.4, -0.2) is 16.5 Å². The first-order valence-corrected chi connectivity index (χ1v) is 8.46. The molecule has 1 aliphatic rings. The molecule has 1 unspecified atom stereocenters. The Kier molecular flexibility index (Phi) is 4.14. The monoisotopic (exact) mass is 321 g/mol. The van der Waals surface area contributed by atoms with Gasteiger partial charge in [-0.15, -0.1) is 0 Å². The number of rotatable bonds is 3. The quantitative estimate of drug-likeness (QED) is 0.757. The summed E-state index contributed by atoms with van der Waals surface area (Å²) in [4.78, 5) is 18.4. The van der Waals surface area contributed by atoms with E-state index in [2.05, 4.69) is 26.9 Å². The van der Waals surface area contributed by atoms with Gasteiger partial charge in [-0.2, -0.15) is 0 Å². The number of halogens is 1. The maximum absolute atomic E-state index is 12.1. The molecule has 1 aliphatic heterocycles. The van der Waals surface area contributed by atoms with Gasteiger partial charge in [-0.05, 0) is 54.0 Å². The van der Waals surface area contributed by atoms with Crippen LogP contribution in [0.25, 0.3) is 10.9 Å². The van der Waals surface area contributed by atoms with E-state index >= 15 is 0 Å². The SMILES string of the molecule is NCCCC1=CS(=c2[nH]c(=O)c3ccc(Cl)cc3[nH]2)C=C1. The van der Waals surface area contributed by atoms with Gasteiger partial charge >= 0.3 is 0 Å². The van der Waals surface area contributed by atoms with Gasteiger partial charge in [0.1, 0.15) is 4.77 Å². The van der Waals surface area contributed by atoms with E-state index in [1.54, 1.807) is 18.2 Å². The lowest BCUT2D eigenvalue weighted by molar-refractivity contribution is 0.838. The number of aromatic amines is 2. The van der Waals surface area contributed by atoms with Crippen molar-refractivity contribution in [1.82, 2.24) is 9.97 Å². The number of hydrogen-bond acceptors (Lipinski definition) is 2. The smallest absolute Gasteiger partial charge is 0.259 e. The highest BCUT2D eigenvalue weighted by Gasteiger charge is 2.05. The maximum Gasteiger partial charge on any atom is 0.259 e. The third-order valence-corrected chi connectivity index (χ3v) is 5.21. The van der Waals surface area contributed by atoms with Gasteiger partial charge in [0.25, 0.3) is 5.56 Å². The topological polar surface area (TPSA) is 74.7 Å². The summed E-state index contributed by atoms with van der Waals surface area (Å²) in [6, 6.07) is 5.22. The van der Waals surface area contributed by atoms with Crippen molar-refractivity contribution < 1.29 is 0 Å². The molecule has 1 aromatic heterocycles. The number of aromatic nitrogens is 2. The van der Waals surface area contributed by atoms with E-state index in [-0.39, 0.29) is 16.0 Å². The highest BCUT2D eigenvalue weighted by Crippen LogP contribution is 2.31. The number of nitrogens with one attached hydrogen (secondary N) is 2. The molecule has 2 heterocycles. The number of nitrogens with two attached hydrogens (primary N) is 1. The fourth-order valence-electron chi connectivity index (χ4n) is 2.24. The van der Waals surface area contributed by atoms with Gasteiger partial charge in [0.2, 0.25) is 0 Å². The normalized spacial score (nSPS) is 18.3. The van der Waals surface area contributed by atoms with Crippen LogP contribution in [0.15, 0.2) is 45.5 Å². The average Bonchev–Trinajstić information content (AvgIpc) is 2.93. The number of fused-ring (bicyclic) bond motifs is 1. The zero-order valence-corrected chi connectivity index (χ0v) is 12.9. The predicted octanol–water partition coefficient (Wildman–Crippen LogP) is 3.46. The molecule has 1 atom stereocenters. The van der Waals surface area contributed by atoms with Crippen LogP contribution in [0.1, 0.15) is 12.8 Å². The lowest BCUT2D eigenvalue weighted by atomic mass is 10.2. The summed E-state index contributed by atoms with van der Waals surface area (Å²) in [6.45, 7) is 0.691. The summed E-state index contributed by atoms with van der Waals surface area (Å²) in [5, 5.41) is 5.50. The number of H-pyrrole nitrogens is 2. The van der Waals surface area contributed by atoms with Crippen LogP contribution >= 0.6 is 22.1 Å². The van der Waals surface area contributed by atoms with E-state index in [9.17, 15) is 4.79 Å². The van der Waals surface area contributed by atoms with Crippen LogP contribution in [0, 0.1) is 4.77 Å². The molecule has 0 saturated heterocycles. The first-order chi connectivity index (χ1) is 10.2. The third-order valence-electron chi connectivity index (χ3n) is 3.31.